The third-order valence-corrected chi connectivity index (χ3v) is 11.0. The summed E-state index contributed by atoms with van der Waals surface area (Å²) in [5.74, 6) is 1.79. The van der Waals surface area contributed by atoms with Crippen LogP contribution < -0.4 is 25.0 Å². The number of hydrogen-bond donors (Lipinski definition) is 1. The molecule has 2 aliphatic heterocycles. The first kappa shape index (κ1) is 32.6. The Labute approximate surface area is 279 Å². The Morgan fingerprint density at radius 2 is 1.67 bits per heavy atom. The fraction of sp³-hybridized carbons (Fsp3) is 0.455. The summed E-state index contributed by atoms with van der Waals surface area (Å²) in [5.41, 5.74) is 5.10. The van der Waals surface area contributed by atoms with Crippen LogP contribution in [0.1, 0.15) is 24.0 Å². The molecule has 0 saturated carbocycles. The third-order valence-electron chi connectivity index (χ3n) is 8.95. The highest BCUT2D eigenvalue weighted by molar-refractivity contribution is 9.10. The van der Waals surface area contributed by atoms with Gasteiger partial charge in [0.15, 0.2) is 0 Å². The molecule has 2 fully saturated rings. The minimum absolute atomic E-state index is 0.286. The van der Waals surface area contributed by atoms with Crippen LogP contribution in [0, 0.1) is 13.8 Å². The molecule has 244 valence electrons. The van der Waals surface area contributed by atoms with Crippen LogP contribution >= 0.6 is 23.1 Å². The molecule has 0 amide bonds. The van der Waals surface area contributed by atoms with Gasteiger partial charge in [-0.3, -0.25) is 14.9 Å². The van der Waals surface area contributed by atoms with E-state index in [1.807, 2.05) is 13.0 Å². The van der Waals surface area contributed by atoms with Crippen LogP contribution in [-0.4, -0.2) is 103 Å². The van der Waals surface area contributed by atoms with E-state index in [4.69, 9.17) is 14.5 Å². The number of ether oxygens (including phenoxy) is 2. The fourth-order valence-corrected chi connectivity index (χ4v) is 8.14. The summed E-state index contributed by atoms with van der Waals surface area (Å²) in [6, 6.07) is 6.73. The van der Waals surface area contributed by atoms with Gasteiger partial charge in [-0.1, -0.05) is 0 Å². The summed E-state index contributed by atoms with van der Waals surface area (Å²) in [6.07, 6.45) is 7.19. The zero-order chi connectivity index (χ0) is 32.6. The summed E-state index contributed by atoms with van der Waals surface area (Å²) >= 11 is 3.54. The number of hydrogen-bond acceptors (Lipinski definition) is 11. The van der Waals surface area contributed by atoms with Crippen molar-refractivity contribution in [2.75, 3.05) is 77.0 Å². The molecule has 0 spiro atoms. The van der Waals surface area contributed by atoms with Crippen LogP contribution in [0.2, 0.25) is 0 Å². The highest BCUT2D eigenvalue weighted by atomic mass is 79.9. The number of aryl methyl sites for hydroxylation is 2. The molecule has 0 unspecified atom stereocenters. The first-order valence-electron chi connectivity index (χ1n) is 15.6. The van der Waals surface area contributed by atoms with Gasteiger partial charge >= 0.3 is 0 Å². The van der Waals surface area contributed by atoms with Gasteiger partial charge in [-0.2, -0.15) is 4.98 Å². The molecule has 0 atom stereocenters. The Kier molecular flexibility index (Phi) is 9.53. The molecule has 2 saturated heterocycles. The predicted octanol–water partition coefficient (Wildman–Crippen LogP) is 5.81. The molecular formula is C33H42BrN8O3P. The number of aromatic nitrogens is 4. The Balaban J connectivity index is 1.22. The van der Waals surface area contributed by atoms with Crippen molar-refractivity contribution in [2.24, 2.45) is 0 Å². The molecule has 4 aromatic rings. The van der Waals surface area contributed by atoms with Crippen molar-refractivity contribution in [3.8, 4) is 17.4 Å². The number of nitrogens with zero attached hydrogens (tertiary/aromatic N) is 7. The van der Waals surface area contributed by atoms with Gasteiger partial charge < -0.3 is 29.2 Å². The topological polar surface area (TPSA) is 109 Å². The van der Waals surface area contributed by atoms with Crippen molar-refractivity contribution >= 4 is 56.7 Å². The van der Waals surface area contributed by atoms with E-state index in [1.165, 1.54) is 5.69 Å². The molecular weight excluding hydrogens is 667 g/mol. The lowest BCUT2D eigenvalue weighted by molar-refractivity contribution is 0.0982. The number of piperidine rings is 1. The van der Waals surface area contributed by atoms with Gasteiger partial charge in [-0.05, 0) is 86.3 Å². The van der Waals surface area contributed by atoms with E-state index in [2.05, 4.69) is 77.0 Å². The Morgan fingerprint density at radius 1 is 0.957 bits per heavy atom. The van der Waals surface area contributed by atoms with Gasteiger partial charge in [0.05, 0.1) is 34.3 Å². The standard InChI is InChI=1S/C33H42BrN8O3P/c1-21-17-25(28(44-4)19-27(21)42-11-7-23(8-12-42)41-15-13-40(3)14-16-41)38-33-37-20-24(34)32(39-33)45-30-22(2)18-26-29(36-10-9-35-26)31(30)46(5,6)43/h9-10,17-20,23H,7-8,11-16H2,1-6H3,(H,37,38,39). The zero-order valence-electron chi connectivity index (χ0n) is 27.4. The van der Waals surface area contributed by atoms with Crippen molar-refractivity contribution in [2.45, 2.75) is 32.7 Å². The molecule has 0 radical (unpaired) electrons. The van der Waals surface area contributed by atoms with Crippen LogP contribution in [0.5, 0.6) is 17.4 Å². The highest BCUT2D eigenvalue weighted by Gasteiger charge is 2.29. The molecule has 6 rings (SSSR count). The minimum Gasteiger partial charge on any atom is -0.494 e. The summed E-state index contributed by atoms with van der Waals surface area (Å²) in [7, 11) is 1.07. The maximum absolute atomic E-state index is 13.5. The average Bonchev–Trinajstić information content (AvgIpc) is 3.03. The Morgan fingerprint density at radius 3 is 2.37 bits per heavy atom. The van der Waals surface area contributed by atoms with Crippen molar-refractivity contribution in [1.29, 1.82) is 0 Å². The van der Waals surface area contributed by atoms with E-state index in [0.717, 1.165) is 68.9 Å². The number of anilines is 3. The van der Waals surface area contributed by atoms with Gasteiger partial charge in [0.1, 0.15) is 24.2 Å². The number of nitrogens with one attached hydrogen (secondary N) is 1. The van der Waals surface area contributed by atoms with E-state index in [9.17, 15) is 4.57 Å². The number of fused-ring (bicyclic) bond motifs is 1. The SMILES string of the molecule is COc1cc(N2CCC(N3CCN(C)CC3)CC2)c(C)cc1Nc1ncc(Br)c(Oc2c(C)cc3nccnc3c2P(C)(C)=O)n1. The smallest absolute Gasteiger partial charge is 0.238 e. The molecule has 2 aromatic heterocycles. The summed E-state index contributed by atoms with van der Waals surface area (Å²) in [6.45, 7) is 14.1. The van der Waals surface area contributed by atoms with Crippen molar-refractivity contribution in [3.63, 3.8) is 0 Å². The lowest BCUT2D eigenvalue weighted by Gasteiger charge is -2.43. The van der Waals surface area contributed by atoms with Crippen LogP contribution in [0.3, 0.4) is 0 Å². The second-order valence-electron chi connectivity index (χ2n) is 12.6. The normalized spacial score (nSPS) is 17.0. The summed E-state index contributed by atoms with van der Waals surface area (Å²) in [5, 5.41) is 3.87. The molecule has 13 heteroatoms. The molecule has 0 aliphatic carbocycles. The van der Waals surface area contributed by atoms with Crippen molar-refractivity contribution in [3.05, 3.63) is 52.4 Å². The quantitative estimate of drug-likeness (QED) is 0.224. The number of halogens is 1. The van der Waals surface area contributed by atoms with E-state index in [0.29, 0.717) is 44.3 Å². The van der Waals surface area contributed by atoms with E-state index >= 15 is 0 Å². The number of rotatable bonds is 8. The predicted molar refractivity (Wildman–Crippen MR) is 188 cm³/mol. The summed E-state index contributed by atoms with van der Waals surface area (Å²) in [4.78, 5) is 25.7. The lowest BCUT2D eigenvalue weighted by atomic mass is 10.0. The van der Waals surface area contributed by atoms with E-state index < -0.39 is 7.14 Å². The number of benzene rings is 2. The van der Waals surface area contributed by atoms with Crippen LogP contribution in [-0.2, 0) is 4.57 Å². The van der Waals surface area contributed by atoms with Crippen molar-refractivity contribution < 1.29 is 14.0 Å². The number of piperazine rings is 1. The highest BCUT2D eigenvalue weighted by Crippen LogP contribution is 2.44. The third kappa shape index (κ3) is 6.86. The lowest BCUT2D eigenvalue weighted by Crippen LogP contribution is -2.52. The van der Waals surface area contributed by atoms with Crippen LogP contribution in [0.25, 0.3) is 11.0 Å². The Bertz CT molecular complexity index is 1790. The molecule has 2 aromatic carbocycles. The van der Waals surface area contributed by atoms with Crippen LogP contribution in [0.4, 0.5) is 17.3 Å². The van der Waals surface area contributed by atoms with E-state index in [1.54, 1.807) is 39.0 Å². The second-order valence-corrected chi connectivity index (χ2v) is 16.6. The Hall–Kier alpha value is -3.31. The minimum atomic E-state index is -2.82. The second kappa shape index (κ2) is 13.4. The van der Waals surface area contributed by atoms with Crippen LogP contribution in [0.15, 0.2) is 41.3 Å². The van der Waals surface area contributed by atoms with Gasteiger partial charge in [0.2, 0.25) is 11.8 Å². The monoisotopic (exact) mass is 708 g/mol. The van der Waals surface area contributed by atoms with E-state index in [-0.39, 0.29) is 5.88 Å². The number of methoxy groups -OCH3 is 1. The molecule has 46 heavy (non-hydrogen) atoms. The molecule has 1 N–H and O–H groups in total. The molecule has 2 aliphatic rings. The fourth-order valence-electron chi connectivity index (χ4n) is 6.47. The average molecular weight is 710 g/mol. The maximum Gasteiger partial charge on any atom is 0.238 e. The summed E-state index contributed by atoms with van der Waals surface area (Å²) < 4.78 is 26.3. The van der Waals surface area contributed by atoms with Crippen molar-refractivity contribution in [1.82, 2.24) is 29.7 Å². The van der Waals surface area contributed by atoms with Gasteiger partial charge in [0.25, 0.3) is 0 Å². The molecule has 11 nitrogen and oxygen atoms in total. The largest absolute Gasteiger partial charge is 0.494 e. The molecule has 4 heterocycles. The zero-order valence-corrected chi connectivity index (χ0v) is 29.9. The maximum atomic E-state index is 13.5. The first-order chi connectivity index (χ1) is 22.0. The van der Waals surface area contributed by atoms with Gasteiger partial charge in [-0.15, -0.1) is 0 Å². The first-order valence-corrected chi connectivity index (χ1v) is 19.0. The molecule has 0 bridgehead atoms. The van der Waals surface area contributed by atoms with Gasteiger partial charge in [-0.25, -0.2) is 4.98 Å². The van der Waals surface area contributed by atoms with Gasteiger partial charge in [0, 0.05) is 69.5 Å². The number of likely N-dealkylation sites (N-methyl/N-ethyl adjacent to an activating group) is 1.